The molecule has 0 saturated carbocycles. The van der Waals surface area contributed by atoms with Crippen LogP contribution in [0.5, 0.6) is 5.75 Å². The lowest BCUT2D eigenvalue weighted by Gasteiger charge is -2.18. The van der Waals surface area contributed by atoms with Crippen molar-refractivity contribution in [1.29, 1.82) is 0 Å². The quantitative estimate of drug-likeness (QED) is 0.659. The molecule has 0 aliphatic carbocycles. The predicted octanol–water partition coefficient (Wildman–Crippen LogP) is 3.55. The van der Waals surface area contributed by atoms with E-state index in [0.29, 0.717) is 12.1 Å². The maximum atomic E-state index is 13.0. The Labute approximate surface area is 108 Å². The Morgan fingerprint density at radius 2 is 1.94 bits per heavy atom. The van der Waals surface area contributed by atoms with Crippen molar-refractivity contribution in [3.8, 4) is 5.75 Å². The van der Waals surface area contributed by atoms with Gasteiger partial charge in [-0.15, -0.1) is 19.0 Å². The molecule has 18 heavy (non-hydrogen) atoms. The van der Waals surface area contributed by atoms with E-state index < -0.39 is 34.9 Å². The Morgan fingerprint density at radius 3 is 2.39 bits per heavy atom. The molecule has 1 atom stereocenters. The number of halogens is 5. The SMILES string of the molecule is C=CC[C@H](N)c1c(C(F)(F)F)ccc(F)c1O.Cl. The van der Waals surface area contributed by atoms with Crippen LogP contribution >= 0.6 is 12.4 Å². The number of hydrogen-bond acceptors (Lipinski definition) is 2. The van der Waals surface area contributed by atoms with Crippen LogP contribution in [0, 0.1) is 5.82 Å². The number of benzene rings is 1. The van der Waals surface area contributed by atoms with Crippen LogP contribution in [0.2, 0.25) is 0 Å². The molecule has 1 rings (SSSR count). The lowest BCUT2D eigenvalue weighted by Crippen LogP contribution is -2.17. The van der Waals surface area contributed by atoms with Gasteiger partial charge in [0.25, 0.3) is 0 Å². The molecule has 0 amide bonds. The summed E-state index contributed by atoms with van der Waals surface area (Å²) in [6.07, 6.45) is -3.39. The highest BCUT2D eigenvalue weighted by molar-refractivity contribution is 5.85. The summed E-state index contributed by atoms with van der Waals surface area (Å²) in [5.74, 6) is -2.19. The topological polar surface area (TPSA) is 46.2 Å². The van der Waals surface area contributed by atoms with E-state index in [2.05, 4.69) is 6.58 Å². The van der Waals surface area contributed by atoms with E-state index in [1.165, 1.54) is 6.08 Å². The van der Waals surface area contributed by atoms with Crippen LogP contribution in [-0.4, -0.2) is 5.11 Å². The van der Waals surface area contributed by atoms with Gasteiger partial charge in [-0.25, -0.2) is 4.39 Å². The molecule has 0 spiro atoms. The molecule has 1 aromatic rings. The molecule has 0 bridgehead atoms. The Bertz CT molecular complexity index is 434. The molecular formula is C11H12ClF4NO. The van der Waals surface area contributed by atoms with Crippen LogP contribution in [0.15, 0.2) is 24.8 Å². The van der Waals surface area contributed by atoms with Crippen LogP contribution in [0.25, 0.3) is 0 Å². The summed E-state index contributed by atoms with van der Waals surface area (Å²) in [7, 11) is 0. The molecule has 0 unspecified atom stereocenters. The average molecular weight is 286 g/mol. The summed E-state index contributed by atoms with van der Waals surface area (Å²) in [4.78, 5) is 0. The van der Waals surface area contributed by atoms with Crippen molar-refractivity contribution < 1.29 is 22.7 Å². The van der Waals surface area contributed by atoms with Gasteiger partial charge in [0.2, 0.25) is 0 Å². The van der Waals surface area contributed by atoms with Gasteiger partial charge in [-0.3, -0.25) is 0 Å². The van der Waals surface area contributed by atoms with Gasteiger partial charge in [0.05, 0.1) is 5.56 Å². The first-order valence-electron chi connectivity index (χ1n) is 4.74. The molecular weight excluding hydrogens is 274 g/mol. The average Bonchev–Trinajstić information content (AvgIpc) is 2.20. The highest BCUT2D eigenvalue weighted by Crippen LogP contribution is 2.40. The fraction of sp³-hybridized carbons (Fsp3) is 0.273. The summed E-state index contributed by atoms with van der Waals surface area (Å²) < 4.78 is 51.0. The monoisotopic (exact) mass is 285 g/mol. The van der Waals surface area contributed by atoms with Gasteiger partial charge in [0.1, 0.15) is 0 Å². The van der Waals surface area contributed by atoms with Crippen LogP contribution in [0.4, 0.5) is 17.6 Å². The Morgan fingerprint density at radius 1 is 1.39 bits per heavy atom. The van der Waals surface area contributed by atoms with E-state index in [0.717, 1.165) is 0 Å². The molecule has 7 heteroatoms. The van der Waals surface area contributed by atoms with Gasteiger partial charge in [-0.1, -0.05) is 6.08 Å². The molecule has 1 aromatic carbocycles. The normalized spacial score (nSPS) is 12.7. The van der Waals surface area contributed by atoms with Gasteiger partial charge in [-0.2, -0.15) is 13.2 Å². The summed E-state index contributed by atoms with van der Waals surface area (Å²) in [5, 5.41) is 9.35. The van der Waals surface area contributed by atoms with Gasteiger partial charge in [0.15, 0.2) is 11.6 Å². The van der Waals surface area contributed by atoms with Crippen molar-refractivity contribution in [1.82, 2.24) is 0 Å². The molecule has 2 nitrogen and oxygen atoms in total. The number of hydrogen-bond donors (Lipinski definition) is 2. The fourth-order valence-corrected chi connectivity index (χ4v) is 1.50. The van der Waals surface area contributed by atoms with Gasteiger partial charge in [-0.05, 0) is 18.6 Å². The second-order valence-corrected chi connectivity index (χ2v) is 3.49. The van der Waals surface area contributed by atoms with Crippen molar-refractivity contribution in [2.45, 2.75) is 18.6 Å². The summed E-state index contributed by atoms with van der Waals surface area (Å²) >= 11 is 0. The zero-order valence-corrected chi connectivity index (χ0v) is 9.98. The standard InChI is InChI=1S/C11H11F4NO.ClH/c1-2-3-8(16)9-6(11(13,14)15)4-5-7(12)10(9)17;/h2,4-5,8,17H,1,3,16H2;1H/t8-;/m0./s1. The Kier molecular flexibility index (Phi) is 5.63. The minimum atomic E-state index is -4.70. The minimum Gasteiger partial charge on any atom is -0.505 e. The number of phenols is 1. The largest absolute Gasteiger partial charge is 0.505 e. The van der Waals surface area contributed by atoms with Crippen LogP contribution in [-0.2, 0) is 6.18 Å². The van der Waals surface area contributed by atoms with E-state index in [4.69, 9.17) is 5.73 Å². The molecule has 0 radical (unpaired) electrons. The van der Waals surface area contributed by atoms with Crippen molar-refractivity contribution in [3.63, 3.8) is 0 Å². The molecule has 102 valence electrons. The van der Waals surface area contributed by atoms with Crippen LogP contribution in [0.3, 0.4) is 0 Å². The zero-order valence-electron chi connectivity index (χ0n) is 9.17. The maximum Gasteiger partial charge on any atom is 0.416 e. The lowest BCUT2D eigenvalue weighted by molar-refractivity contribution is -0.138. The number of nitrogens with two attached hydrogens (primary N) is 1. The number of aromatic hydroxyl groups is 1. The van der Waals surface area contributed by atoms with Gasteiger partial charge < -0.3 is 10.8 Å². The van der Waals surface area contributed by atoms with E-state index in [-0.39, 0.29) is 18.8 Å². The second kappa shape index (κ2) is 6.06. The highest BCUT2D eigenvalue weighted by atomic mass is 35.5. The lowest BCUT2D eigenvalue weighted by atomic mass is 9.96. The Hall–Kier alpha value is -1.27. The first-order valence-corrected chi connectivity index (χ1v) is 4.74. The fourth-order valence-electron chi connectivity index (χ4n) is 1.50. The first kappa shape index (κ1) is 16.7. The molecule has 3 N–H and O–H groups in total. The third kappa shape index (κ3) is 3.36. The highest BCUT2D eigenvalue weighted by Gasteiger charge is 2.36. The van der Waals surface area contributed by atoms with Crippen LogP contribution in [0.1, 0.15) is 23.6 Å². The molecule has 0 aliphatic rings. The zero-order chi connectivity index (χ0) is 13.2. The Balaban J connectivity index is 0.00000289. The maximum absolute atomic E-state index is 13.0. The second-order valence-electron chi connectivity index (χ2n) is 3.49. The molecule has 0 fully saturated rings. The van der Waals surface area contributed by atoms with E-state index >= 15 is 0 Å². The number of alkyl halides is 3. The number of phenolic OH excluding ortho intramolecular Hbond substituents is 1. The minimum absolute atomic E-state index is 0. The summed E-state index contributed by atoms with van der Waals surface area (Å²) in [5.41, 5.74) is 3.70. The third-order valence-corrected chi connectivity index (χ3v) is 2.26. The van der Waals surface area contributed by atoms with Crippen molar-refractivity contribution in [2.24, 2.45) is 5.73 Å². The van der Waals surface area contributed by atoms with E-state index in [1.807, 2.05) is 0 Å². The third-order valence-electron chi connectivity index (χ3n) is 2.26. The van der Waals surface area contributed by atoms with Crippen molar-refractivity contribution in [2.75, 3.05) is 0 Å². The summed E-state index contributed by atoms with van der Waals surface area (Å²) in [6.45, 7) is 3.33. The van der Waals surface area contributed by atoms with Gasteiger partial charge in [0, 0.05) is 11.6 Å². The molecule has 0 heterocycles. The van der Waals surface area contributed by atoms with Crippen molar-refractivity contribution in [3.05, 3.63) is 41.7 Å². The molecule has 0 saturated heterocycles. The van der Waals surface area contributed by atoms with Gasteiger partial charge >= 0.3 is 6.18 Å². The van der Waals surface area contributed by atoms with E-state index in [1.54, 1.807) is 0 Å². The van der Waals surface area contributed by atoms with Crippen molar-refractivity contribution >= 4 is 12.4 Å². The van der Waals surface area contributed by atoms with E-state index in [9.17, 15) is 22.7 Å². The molecule has 0 aromatic heterocycles. The smallest absolute Gasteiger partial charge is 0.416 e. The predicted molar refractivity (Wildman–Crippen MR) is 62.1 cm³/mol. The summed E-state index contributed by atoms with van der Waals surface area (Å²) in [6, 6.07) is -0.0323. The molecule has 0 aliphatic heterocycles. The first-order chi connectivity index (χ1) is 7.79. The number of rotatable bonds is 3. The van der Waals surface area contributed by atoms with Crippen LogP contribution < -0.4 is 5.73 Å².